The Morgan fingerprint density at radius 3 is 3.04 bits per heavy atom. The van der Waals surface area contributed by atoms with Gasteiger partial charge in [0.1, 0.15) is 6.10 Å². The van der Waals surface area contributed by atoms with E-state index in [2.05, 4.69) is 20.5 Å². The third kappa shape index (κ3) is 3.45. The number of aryl methyl sites for hydroxylation is 1. The van der Waals surface area contributed by atoms with Gasteiger partial charge in [-0.05, 0) is 31.2 Å². The van der Waals surface area contributed by atoms with Crippen LogP contribution in [0.1, 0.15) is 28.0 Å². The summed E-state index contributed by atoms with van der Waals surface area (Å²) in [5.74, 6) is -0.132. The number of rotatable bonds is 3. The summed E-state index contributed by atoms with van der Waals surface area (Å²) in [5, 5.41) is 10.8. The fourth-order valence-electron chi connectivity index (χ4n) is 2.59. The summed E-state index contributed by atoms with van der Waals surface area (Å²) in [6, 6.07) is 7.30. The molecule has 120 valence electrons. The van der Waals surface area contributed by atoms with Crippen LogP contribution < -0.4 is 5.32 Å². The van der Waals surface area contributed by atoms with E-state index in [-0.39, 0.29) is 12.0 Å². The van der Waals surface area contributed by atoms with Crippen LogP contribution in [0, 0.1) is 6.92 Å². The molecule has 1 N–H and O–H groups in total. The third-order valence-electron chi connectivity index (χ3n) is 3.74. The number of hydrogen-bond acceptors (Lipinski definition) is 6. The van der Waals surface area contributed by atoms with E-state index in [9.17, 15) is 4.79 Å². The van der Waals surface area contributed by atoms with Crippen LogP contribution in [0.15, 0.2) is 30.5 Å². The first-order chi connectivity index (χ1) is 11.2. The predicted molar refractivity (Wildman–Crippen MR) is 85.1 cm³/mol. The molecule has 7 heteroatoms. The minimum absolute atomic E-state index is 0.132. The Labute approximate surface area is 134 Å². The largest absolute Gasteiger partial charge is 0.388 e. The van der Waals surface area contributed by atoms with Gasteiger partial charge in [-0.1, -0.05) is 0 Å². The van der Waals surface area contributed by atoms with Crippen LogP contribution in [-0.2, 0) is 4.74 Å². The molecule has 1 amide bonds. The number of amides is 1. The van der Waals surface area contributed by atoms with Crippen molar-refractivity contribution in [2.45, 2.75) is 13.0 Å². The topological polar surface area (TPSA) is 80.2 Å². The Balaban J connectivity index is 1.78. The van der Waals surface area contributed by atoms with Gasteiger partial charge >= 0.3 is 0 Å². The number of ether oxygens (including phenoxy) is 1. The average Bonchev–Trinajstić information content (AvgIpc) is 2.61. The number of nitrogens with one attached hydrogen (secondary N) is 1. The molecule has 7 nitrogen and oxygen atoms in total. The Bertz CT molecular complexity index is 692. The monoisotopic (exact) mass is 313 g/mol. The van der Waals surface area contributed by atoms with Crippen LogP contribution in [0.2, 0.25) is 0 Å². The van der Waals surface area contributed by atoms with Crippen molar-refractivity contribution in [3.63, 3.8) is 0 Å². The number of anilines is 1. The van der Waals surface area contributed by atoms with E-state index in [0.717, 1.165) is 17.1 Å². The van der Waals surface area contributed by atoms with E-state index in [4.69, 9.17) is 4.74 Å². The lowest BCUT2D eigenvalue weighted by Gasteiger charge is -2.32. The second-order valence-corrected chi connectivity index (χ2v) is 5.39. The molecule has 0 saturated carbocycles. The molecule has 2 aromatic rings. The van der Waals surface area contributed by atoms with Gasteiger partial charge < -0.3 is 15.0 Å². The summed E-state index contributed by atoms with van der Waals surface area (Å²) in [5.41, 5.74) is 3.06. The fourth-order valence-corrected chi connectivity index (χ4v) is 2.59. The number of aromatic nitrogens is 3. The van der Waals surface area contributed by atoms with Crippen molar-refractivity contribution in [3.8, 4) is 0 Å². The van der Waals surface area contributed by atoms with Crippen LogP contribution in [-0.4, -0.2) is 52.7 Å². The molecule has 1 aliphatic rings. The predicted octanol–water partition coefficient (Wildman–Crippen LogP) is 1.44. The van der Waals surface area contributed by atoms with Crippen LogP contribution >= 0.6 is 0 Å². The molecular weight excluding hydrogens is 294 g/mol. The number of carbonyl (C=O) groups is 1. The Kier molecular flexibility index (Phi) is 4.47. The summed E-state index contributed by atoms with van der Waals surface area (Å²) in [4.78, 5) is 18.8. The summed E-state index contributed by atoms with van der Waals surface area (Å²) in [6.07, 6.45) is 1.31. The number of carbonyl (C=O) groups excluding carboxylic acids is 1. The van der Waals surface area contributed by atoms with Crippen molar-refractivity contribution in [1.29, 1.82) is 0 Å². The van der Waals surface area contributed by atoms with Crippen LogP contribution in [0.4, 0.5) is 5.69 Å². The smallest absolute Gasteiger partial charge is 0.274 e. The molecule has 1 saturated heterocycles. The third-order valence-corrected chi connectivity index (χ3v) is 3.74. The lowest BCUT2D eigenvalue weighted by molar-refractivity contribution is -0.0249. The summed E-state index contributed by atoms with van der Waals surface area (Å²) < 4.78 is 5.81. The molecule has 3 heterocycles. The van der Waals surface area contributed by atoms with Gasteiger partial charge in [0, 0.05) is 31.2 Å². The van der Waals surface area contributed by atoms with Crippen molar-refractivity contribution in [1.82, 2.24) is 20.1 Å². The van der Waals surface area contributed by atoms with Gasteiger partial charge in [-0.25, -0.2) is 0 Å². The maximum atomic E-state index is 12.5. The van der Waals surface area contributed by atoms with Gasteiger partial charge in [0.2, 0.25) is 0 Å². The summed E-state index contributed by atoms with van der Waals surface area (Å²) in [6.45, 7) is 3.41. The molecular formula is C16H19N5O2. The minimum Gasteiger partial charge on any atom is -0.388 e. The minimum atomic E-state index is -0.239. The zero-order chi connectivity index (χ0) is 16.2. The van der Waals surface area contributed by atoms with Gasteiger partial charge in [0.15, 0.2) is 5.69 Å². The Morgan fingerprint density at radius 1 is 1.43 bits per heavy atom. The standard InChI is InChI=1S/C16H19N5O2/c1-11-8-12(17-2)9-14(19-11)15-10-21(6-7-23-15)16(22)13-4-3-5-18-20-13/h3-5,8-9,15H,6-7,10H2,1-2H3,(H,17,19). The molecule has 0 spiro atoms. The molecule has 1 unspecified atom stereocenters. The van der Waals surface area contributed by atoms with Crippen molar-refractivity contribution in [2.75, 3.05) is 32.1 Å². The lowest BCUT2D eigenvalue weighted by atomic mass is 10.1. The number of morpholine rings is 1. The maximum Gasteiger partial charge on any atom is 0.274 e. The molecule has 1 fully saturated rings. The van der Waals surface area contributed by atoms with E-state index in [1.807, 2.05) is 26.1 Å². The Morgan fingerprint density at radius 2 is 2.30 bits per heavy atom. The van der Waals surface area contributed by atoms with Gasteiger partial charge in [0.25, 0.3) is 5.91 Å². The van der Waals surface area contributed by atoms with Crippen molar-refractivity contribution in [2.24, 2.45) is 0 Å². The SMILES string of the molecule is CNc1cc(C)nc(C2CN(C(=O)c3cccnn3)CCO2)c1. The van der Waals surface area contributed by atoms with Gasteiger partial charge in [0.05, 0.1) is 18.8 Å². The first-order valence-corrected chi connectivity index (χ1v) is 7.52. The fraction of sp³-hybridized carbons (Fsp3) is 0.375. The normalized spacial score (nSPS) is 17.8. The average molecular weight is 313 g/mol. The highest BCUT2D eigenvalue weighted by Gasteiger charge is 2.28. The molecule has 1 atom stereocenters. The molecule has 0 aliphatic carbocycles. The van der Waals surface area contributed by atoms with E-state index < -0.39 is 0 Å². The number of nitrogens with zero attached hydrogens (tertiary/aromatic N) is 4. The second-order valence-electron chi connectivity index (χ2n) is 5.39. The molecule has 0 bridgehead atoms. The number of pyridine rings is 1. The molecule has 23 heavy (non-hydrogen) atoms. The van der Waals surface area contributed by atoms with Crippen LogP contribution in [0.25, 0.3) is 0 Å². The number of hydrogen-bond donors (Lipinski definition) is 1. The first-order valence-electron chi connectivity index (χ1n) is 7.52. The van der Waals surface area contributed by atoms with Crippen LogP contribution in [0.5, 0.6) is 0 Å². The van der Waals surface area contributed by atoms with Gasteiger partial charge in [-0.3, -0.25) is 9.78 Å². The van der Waals surface area contributed by atoms with Crippen LogP contribution in [0.3, 0.4) is 0 Å². The molecule has 3 rings (SSSR count). The van der Waals surface area contributed by atoms with E-state index >= 15 is 0 Å². The Hall–Kier alpha value is -2.54. The zero-order valence-electron chi connectivity index (χ0n) is 13.2. The van der Waals surface area contributed by atoms with E-state index in [1.165, 1.54) is 0 Å². The molecule has 0 radical (unpaired) electrons. The zero-order valence-corrected chi connectivity index (χ0v) is 13.2. The van der Waals surface area contributed by atoms with Crippen molar-refractivity contribution < 1.29 is 9.53 Å². The highest BCUT2D eigenvalue weighted by Crippen LogP contribution is 2.24. The first kappa shape index (κ1) is 15.4. The summed E-state index contributed by atoms with van der Waals surface area (Å²) >= 11 is 0. The van der Waals surface area contributed by atoms with Gasteiger partial charge in [-0.2, -0.15) is 5.10 Å². The summed E-state index contributed by atoms with van der Waals surface area (Å²) in [7, 11) is 1.87. The molecule has 2 aromatic heterocycles. The second kappa shape index (κ2) is 6.70. The highest BCUT2D eigenvalue weighted by atomic mass is 16.5. The highest BCUT2D eigenvalue weighted by molar-refractivity contribution is 5.92. The van der Waals surface area contributed by atoms with E-state index in [1.54, 1.807) is 23.2 Å². The van der Waals surface area contributed by atoms with E-state index in [0.29, 0.717) is 25.4 Å². The van der Waals surface area contributed by atoms with Crippen molar-refractivity contribution in [3.05, 3.63) is 47.5 Å². The maximum absolute atomic E-state index is 12.5. The van der Waals surface area contributed by atoms with Gasteiger partial charge in [-0.15, -0.1) is 5.10 Å². The lowest BCUT2D eigenvalue weighted by Crippen LogP contribution is -2.42. The van der Waals surface area contributed by atoms with Crippen molar-refractivity contribution >= 4 is 11.6 Å². The quantitative estimate of drug-likeness (QED) is 0.923. The molecule has 0 aromatic carbocycles. The molecule has 1 aliphatic heterocycles.